The van der Waals surface area contributed by atoms with Gasteiger partial charge in [0.1, 0.15) is 0 Å². The van der Waals surface area contributed by atoms with Gasteiger partial charge in [0, 0.05) is 55.2 Å². The molecule has 3 fully saturated rings. The number of hydrogen-bond acceptors (Lipinski definition) is 9. The maximum atomic E-state index is 13.2. The first-order valence-electron chi connectivity index (χ1n) is 13.4. The molecule has 14 heteroatoms. The first-order chi connectivity index (χ1) is 19.4. The molecule has 0 radical (unpaired) electrons. The first kappa shape index (κ1) is 28.5. The van der Waals surface area contributed by atoms with Gasteiger partial charge >= 0.3 is 6.03 Å². The first-order valence-corrected chi connectivity index (χ1v) is 15.0. The smallest absolute Gasteiger partial charge is 0.320 e. The molecule has 1 saturated carbocycles. The van der Waals surface area contributed by atoms with E-state index < -0.39 is 12.5 Å². The lowest BCUT2D eigenvalue weighted by Gasteiger charge is -2.38. The van der Waals surface area contributed by atoms with Crippen molar-refractivity contribution in [3.8, 4) is 17.5 Å². The summed E-state index contributed by atoms with van der Waals surface area (Å²) in [6.07, 6.45) is 6.69. The quantitative estimate of drug-likeness (QED) is 0.329. The summed E-state index contributed by atoms with van der Waals surface area (Å²) in [6, 6.07) is 3.97. The summed E-state index contributed by atoms with van der Waals surface area (Å²) in [7, 11) is 0. The van der Waals surface area contributed by atoms with Crippen molar-refractivity contribution >= 4 is 45.9 Å². The summed E-state index contributed by atoms with van der Waals surface area (Å²) < 4.78 is 31.3. The number of carbonyl (C=O) groups is 1. The molecule has 6 rings (SSSR count). The fourth-order valence-electron chi connectivity index (χ4n) is 4.77. The minimum Gasteiger partial charge on any atom is -0.391 e. The molecule has 10 nitrogen and oxygen atoms in total. The number of aliphatic hydroxyl groups is 1. The van der Waals surface area contributed by atoms with Crippen LogP contribution in [0.5, 0.6) is 0 Å². The number of nitrogens with zero attached hydrogens (tertiary/aromatic N) is 7. The molecule has 40 heavy (non-hydrogen) atoms. The molecule has 1 aliphatic carbocycles. The maximum absolute atomic E-state index is 13.2. The van der Waals surface area contributed by atoms with Gasteiger partial charge in [-0.05, 0) is 43.3 Å². The van der Waals surface area contributed by atoms with Crippen LogP contribution >= 0.6 is 23.3 Å². The Labute approximate surface area is 239 Å². The summed E-state index contributed by atoms with van der Waals surface area (Å²) in [5, 5.41) is 22.6. The Morgan fingerprint density at radius 1 is 1.20 bits per heavy atom. The number of terminal acetylenes is 1. The van der Waals surface area contributed by atoms with E-state index in [-0.39, 0.29) is 21.7 Å². The highest BCUT2D eigenvalue weighted by Gasteiger charge is 2.41. The number of aromatic nitrogens is 4. The predicted octanol–water partition coefficient (Wildman–Crippen LogP) is 3.91. The standard InChI is InChI=1S/C24H26F2N8O2S2.C2H6/c1-2-24(4-5-24)30-38-16-11-18(31-7-9-32(10-8-31)23(36)33-6-3-15(35)14-33)17-13-27-34(19(17)12-16)22-29-28-21(37-22)20(25)26;1-2/h1,11-13,15,20,30,35H,3-10,14H2;1-2H3. The van der Waals surface area contributed by atoms with Crippen molar-refractivity contribution in [3.05, 3.63) is 23.3 Å². The van der Waals surface area contributed by atoms with Crippen LogP contribution in [0.1, 0.15) is 44.5 Å². The van der Waals surface area contributed by atoms with Gasteiger partial charge in [-0.25, -0.2) is 23.0 Å². The Hall–Kier alpha value is -2.99. The molecule has 2 saturated heterocycles. The zero-order valence-electron chi connectivity index (χ0n) is 22.4. The van der Waals surface area contributed by atoms with Crippen molar-refractivity contribution in [1.29, 1.82) is 0 Å². The number of benzene rings is 1. The van der Waals surface area contributed by atoms with Gasteiger partial charge in [-0.3, -0.25) is 0 Å². The molecule has 214 valence electrons. The van der Waals surface area contributed by atoms with Crippen LogP contribution in [-0.4, -0.2) is 91.8 Å². The monoisotopic (exact) mass is 590 g/mol. The summed E-state index contributed by atoms with van der Waals surface area (Å²) in [6.45, 7) is 7.28. The number of halogens is 2. The highest BCUT2D eigenvalue weighted by Crippen LogP contribution is 2.40. The van der Waals surface area contributed by atoms with Crippen LogP contribution in [0.25, 0.3) is 16.0 Å². The number of rotatable bonds is 6. The second-order valence-electron chi connectivity index (χ2n) is 9.73. The van der Waals surface area contributed by atoms with E-state index in [1.54, 1.807) is 15.8 Å². The molecule has 3 aliphatic rings. The number of nitrogens with one attached hydrogen (secondary N) is 1. The van der Waals surface area contributed by atoms with E-state index in [0.717, 1.165) is 45.7 Å². The van der Waals surface area contributed by atoms with Gasteiger partial charge in [0.2, 0.25) is 5.13 Å². The Morgan fingerprint density at radius 2 is 1.95 bits per heavy atom. The summed E-state index contributed by atoms with van der Waals surface area (Å²) in [4.78, 5) is 19.5. The molecule has 1 atom stereocenters. The number of aliphatic hydroxyl groups excluding tert-OH is 1. The molecule has 2 aliphatic heterocycles. The maximum Gasteiger partial charge on any atom is 0.320 e. The Kier molecular flexibility index (Phi) is 8.46. The molecule has 2 N–H and O–H groups in total. The SMILES string of the molecule is C#CC1(NSc2cc(N3CCN(C(=O)N4CCC(O)C4)CC3)c3cnn(-c4nnc(C(F)F)s4)c3c2)CC1.CC. The lowest BCUT2D eigenvalue weighted by molar-refractivity contribution is 0.144. The van der Waals surface area contributed by atoms with Crippen molar-refractivity contribution in [1.82, 2.24) is 34.5 Å². The van der Waals surface area contributed by atoms with Crippen molar-refractivity contribution < 1.29 is 18.7 Å². The largest absolute Gasteiger partial charge is 0.391 e. The number of likely N-dealkylation sites (tertiary alicyclic amines) is 1. The van der Waals surface area contributed by atoms with Crippen LogP contribution in [0.2, 0.25) is 0 Å². The highest BCUT2D eigenvalue weighted by atomic mass is 32.2. The Balaban J connectivity index is 0.00000158. The lowest BCUT2D eigenvalue weighted by atomic mass is 10.1. The normalized spacial score (nSPS) is 20.0. The number of amides is 2. The van der Waals surface area contributed by atoms with Gasteiger partial charge in [0.25, 0.3) is 6.43 Å². The van der Waals surface area contributed by atoms with E-state index in [0.29, 0.717) is 45.7 Å². The van der Waals surface area contributed by atoms with Crippen LogP contribution in [0.15, 0.2) is 23.2 Å². The second kappa shape index (κ2) is 11.9. The number of carbonyl (C=O) groups excluding carboxylic acids is 1. The van der Waals surface area contributed by atoms with Crippen LogP contribution in [0.4, 0.5) is 19.3 Å². The van der Waals surface area contributed by atoms with E-state index >= 15 is 0 Å². The van der Waals surface area contributed by atoms with Crippen LogP contribution in [-0.2, 0) is 0 Å². The van der Waals surface area contributed by atoms with Gasteiger partial charge in [-0.1, -0.05) is 31.1 Å². The molecule has 0 spiro atoms. The van der Waals surface area contributed by atoms with Crippen molar-refractivity contribution in [3.63, 3.8) is 0 Å². The summed E-state index contributed by atoms with van der Waals surface area (Å²) >= 11 is 2.25. The van der Waals surface area contributed by atoms with Gasteiger partial charge in [-0.2, -0.15) is 5.10 Å². The number of anilines is 1. The molecular formula is C26H32F2N8O2S2. The average Bonchev–Trinajstić information content (AvgIpc) is 3.30. The number of β-amino-alcohol motifs (C(OH)–C–C–N with tert-alkyl or cyclic N) is 1. The fraction of sp³-hybridized carbons (Fsp3) is 0.538. The number of piperazine rings is 1. The lowest BCUT2D eigenvalue weighted by Crippen LogP contribution is -2.52. The average molecular weight is 591 g/mol. The zero-order valence-corrected chi connectivity index (χ0v) is 24.0. The summed E-state index contributed by atoms with van der Waals surface area (Å²) in [5.74, 6) is 2.82. The molecule has 1 aromatic carbocycles. The number of hydrogen-bond donors (Lipinski definition) is 2. The van der Waals surface area contributed by atoms with Crippen molar-refractivity contribution in [2.75, 3.05) is 44.2 Å². The molecule has 4 heterocycles. The summed E-state index contributed by atoms with van der Waals surface area (Å²) in [5.41, 5.74) is 1.35. The Bertz CT molecular complexity index is 1390. The number of fused-ring (bicyclic) bond motifs is 1. The second-order valence-corrected chi connectivity index (χ2v) is 11.6. The van der Waals surface area contributed by atoms with E-state index in [2.05, 4.69) is 36.9 Å². The molecule has 3 aromatic rings. The minimum absolute atomic E-state index is 0.0391. The molecule has 0 bridgehead atoms. The van der Waals surface area contributed by atoms with E-state index in [4.69, 9.17) is 6.42 Å². The minimum atomic E-state index is -2.70. The van der Waals surface area contributed by atoms with Crippen molar-refractivity contribution in [2.45, 2.75) is 56.1 Å². The molecule has 2 amide bonds. The third-order valence-corrected chi connectivity index (χ3v) is 9.02. The van der Waals surface area contributed by atoms with E-state index in [9.17, 15) is 18.7 Å². The van der Waals surface area contributed by atoms with Gasteiger partial charge in [0.05, 0.1) is 23.4 Å². The van der Waals surface area contributed by atoms with Gasteiger partial charge in [0.15, 0.2) is 5.01 Å². The van der Waals surface area contributed by atoms with Crippen LogP contribution in [0, 0.1) is 12.3 Å². The fourth-order valence-corrected chi connectivity index (χ4v) is 6.36. The van der Waals surface area contributed by atoms with Gasteiger partial charge < -0.3 is 19.8 Å². The topological polar surface area (TPSA) is 103 Å². The zero-order chi connectivity index (χ0) is 28.4. The highest BCUT2D eigenvalue weighted by molar-refractivity contribution is 7.97. The number of alkyl halides is 2. The van der Waals surface area contributed by atoms with Gasteiger partial charge in [-0.15, -0.1) is 16.6 Å². The molecule has 2 aromatic heterocycles. The third-order valence-electron chi connectivity index (χ3n) is 7.15. The Morgan fingerprint density at radius 3 is 2.55 bits per heavy atom. The van der Waals surface area contributed by atoms with Crippen molar-refractivity contribution in [2.24, 2.45) is 0 Å². The van der Waals surface area contributed by atoms with Crippen LogP contribution < -0.4 is 9.62 Å². The molecule has 1 unspecified atom stereocenters. The van der Waals surface area contributed by atoms with E-state index in [1.165, 1.54) is 11.9 Å². The third kappa shape index (κ3) is 5.74. The van der Waals surface area contributed by atoms with Crippen LogP contribution in [0.3, 0.4) is 0 Å². The predicted molar refractivity (Wildman–Crippen MR) is 152 cm³/mol. The molecular weight excluding hydrogens is 558 g/mol. The van der Waals surface area contributed by atoms with E-state index in [1.807, 2.05) is 24.8 Å². The number of urea groups is 1.